The van der Waals surface area contributed by atoms with Gasteiger partial charge in [-0.3, -0.25) is 4.90 Å². The molecule has 6 nitrogen and oxygen atoms in total. The number of sulfonamides is 1. The highest BCUT2D eigenvalue weighted by atomic mass is 79.9. The van der Waals surface area contributed by atoms with Crippen LogP contribution in [0.15, 0.2) is 30.4 Å². The van der Waals surface area contributed by atoms with Crippen LogP contribution in [0.3, 0.4) is 0 Å². The average Bonchev–Trinajstić information content (AvgIpc) is 3.21. The first-order chi connectivity index (χ1) is 15.0. The summed E-state index contributed by atoms with van der Waals surface area (Å²) in [6.07, 6.45) is 12.2. The van der Waals surface area contributed by atoms with Crippen molar-refractivity contribution in [2.75, 3.05) is 33.9 Å². The second-order valence-corrected chi connectivity index (χ2v) is 11.3. The summed E-state index contributed by atoms with van der Waals surface area (Å²) in [5.41, 5.74) is 4.13. The molecule has 1 aromatic carbocycles. The number of unbranched alkanes of at least 4 members (excludes halogenated alkanes) is 1. The third kappa shape index (κ3) is 4.58. The van der Waals surface area contributed by atoms with E-state index >= 15 is 0 Å². The Bertz CT molecular complexity index is 976. The Morgan fingerprint density at radius 3 is 2.71 bits per heavy atom. The molecule has 0 saturated carbocycles. The third-order valence-corrected chi connectivity index (χ3v) is 9.56. The molecule has 0 aromatic heterocycles. The Labute approximate surface area is 193 Å². The summed E-state index contributed by atoms with van der Waals surface area (Å²) in [5.74, 6) is 1.73. The van der Waals surface area contributed by atoms with Crippen molar-refractivity contribution in [3.8, 4) is 11.5 Å². The molecule has 1 aliphatic heterocycles. The van der Waals surface area contributed by atoms with Crippen molar-refractivity contribution in [3.63, 3.8) is 0 Å². The predicted molar refractivity (Wildman–Crippen MR) is 127 cm³/mol. The van der Waals surface area contributed by atoms with E-state index in [0.29, 0.717) is 12.6 Å². The van der Waals surface area contributed by atoms with E-state index in [4.69, 9.17) is 9.47 Å². The normalized spacial score (nSPS) is 24.9. The van der Waals surface area contributed by atoms with Crippen LogP contribution in [0, 0.1) is 0 Å². The Hall–Kier alpha value is -1.35. The minimum Gasteiger partial charge on any atom is -0.493 e. The molecule has 3 aliphatic rings. The molecule has 1 heterocycles. The molecule has 0 amide bonds. The molecule has 1 N–H and O–H groups in total. The van der Waals surface area contributed by atoms with Crippen LogP contribution in [0.5, 0.6) is 11.5 Å². The van der Waals surface area contributed by atoms with E-state index in [9.17, 15) is 8.42 Å². The number of ether oxygens (including phenoxy) is 2. The monoisotopic (exact) mass is 510 g/mol. The van der Waals surface area contributed by atoms with Crippen LogP contribution in [0.2, 0.25) is 0 Å². The van der Waals surface area contributed by atoms with E-state index in [1.807, 2.05) is 12.2 Å². The van der Waals surface area contributed by atoms with Gasteiger partial charge in [-0.1, -0.05) is 40.2 Å². The van der Waals surface area contributed by atoms with Crippen molar-refractivity contribution in [2.24, 2.45) is 0 Å². The van der Waals surface area contributed by atoms with E-state index in [1.165, 1.54) is 16.7 Å². The van der Waals surface area contributed by atoms with Crippen LogP contribution in [-0.4, -0.2) is 57.2 Å². The standard InChI is InChI=1S/C23H31BrN2O4S/c1-29-20-15-16-11-14-26(19-10-9-17(22(16)19)23(20)30-2)13-6-5-12-25-31(27,28)21-8-4-3-7-18(21)24/h3-4,7-8,15,18-19,21,25H,5-6,9-14H2,1-2H3. The van der Waals surface area contributed by atoms with Gasteiger partial charge in [0.15, 0.2) is 11.5 Å². The number of rotatable bonds is 9. The predicted octanol–water partition coefficient (Wildman–Crippen LogP) is 3.51. The average molecular weight is 511 g/mol. The van der Waals surface area contributed by atoms with Crippen molar-refractivity contribution in [3.05, 3.63) is 47.1 Å². The number of hydrogen-bond donors (Lipinski definition) is 1. The van der Waals surface area contributed by atoms with Crippen LogP contribution in [0.25, 0.3) is 0 Å². The number of nitrogens with one attached hydrogen (secondary N) is 1. The molecule has 0 spiro atoms. The summed E-state index contributed by atoms with van der Waals surface area (Å²) >= 11 is 3.44. The van der Waals surface area contributed by atoms with Crippen molar-refractivity contribution < 1.29 is 17.9 Å². The molecule has 3 atom stereocenters. The van der Waals surface area contributed by atoms with Gasteiger partial charge < -0.3 is 9.47 Å². The quantitative estimate of drug-likeness (QED) is 0.406. The van der Waals surface area contributed by atoms with Gasteiger partial charge in [-0.05, 0) is 55.8 Å². The highest BCUT2D eigenvalue weighted by Crippen LogP contribution is 2.48. The zero-order valence-corrected chi connectivity index (χ0v) is 20.5. The van der Waals surface area contributed by atoms with Gasteiger partial charge in [0.25, 0.3) is 0 Å². The van der Waals surface area contributed by atoms with Crippen molar-refractivity contribution in [1.29, 1.82) is 0 Å². The number of benzene rings is 1. The number of methoxy groups -OCH3 is 2. The smallest absolute Gasteiger partial charge is 0.219 e. The highest BCUT2D eigenvalue weighted by molar-refractivity contribution is 9.09. The summed E-state index contributed by atoms with van der Waals surface area (Å²) in [4.78, 5) is 2.37. The Kier molecular flexibility index (Phi) is 7.10. The molecule has 3 unspecified atom stereocenters. The SMILES string of the molecule is COc1cc2c3c(c1OC)CCC3N(CCCCNS(=O)(=O)C1C=CC=CC1Br)CC2. The fraction of sp³-hybridized carbons (Fsp3) is 0.565. The topological polar surface area (TPSA) is 67.9 Å². The second-order valence-electron chi connectivity index (χ2n) is 8.33. The van der Waals surface area contributed by atoms with E-state index in [-0.39, 0.29) is 4.83 Å². The van der Waals surface area contributed by atoms with E-state index in [1.54, 1.807) is 26.4 Å². The van der Waals surface area contributed by atoms with Crippen LogP contribution in [0.1, 0.15) is 42.0 Å². The summed E-state index contributed by atoms with van der Waals surface area (Å²) in [6.45, 7) is 2.48. The number of halogens is 1. The molecule has 0 saturated heterocycles. The molecule has 0 bridgehead atoms. The lowest BCUT2D eigenvalue weighted by molar-refractivity contribution is 0.182. The Morgan fingerprint density at radius 1 is 1.16 bits per heavy atom. The number of nitrogens with zero attached hydrogens (tertiary/aromatic N) is 1. The Morgan fingerprint density at radius 2 is 1.97 bits per heavy atom. The van der Waals surface area contributed by atoms with Crippen LogP contribution < -0.4 is 14.2 Å². The lowest BCUT2D eigenvalue weighted by atomic mass is 9.92. The molecule has 31 heavy (non-hydrogen) atoms. The van der Waals surface area contributed by atoms with Gasteiger partial charge >= 0.3 is 0 Å². The van der Waals surface area contributed by atoms with E-state index < -0.39 is 15.3 Å². The van der Waals surface area contributed by atoms with Crippen molar-refractivity contribution >= 4 is 26.0 Å². The van der Waals surface area contributed by atoms with Gasteiger partial charge in [0.2, 0.25) is 10.0 Å². The molecule has 8 heteroatoms. The zero-order valence-electron chi connectivity index (χ0n) is 18.1. The number of alkyl halides is 1. The number of hydrogen-bond acceptors (Lipinski definition) is 5. The molecule has 2 aliphatic carbocycles. The van der Waals surface area contributed by atoms with Crippen molar-refractivity contribution in [2.45, 2.75) is 48.2 Å². The van der Waals surface area contributed by atoms with Gasteiger partial charge in [0, 0.05) is 24.7 Å². The first kappa shape index (κ1) is 22.8. The highest BCUT2D eigenvalue weighted by Gasteiger charge is 2.36. The maximum atomic E-state index is 12.6. The van der Waals surface area contributed by atoms with Crippen LogP contribution in [-0.2, 0) is 22.9 Å². The summed E-state index contributed by atoms with van der Waals surface area (Å²) in [5, 5.41) is -0.556. The van der Waals surface area contributed by atoms with Gasteiger partial charge in [-0.15, -0.1) is 0 Å². The maximum Gasteiger partial charge on any atom is 0.219 e. The second kappa shape index (κ2) is 9.65. The molecule has 0 radical (unpaired) electrons. The number of allylic oxidation sites excluding steroid dienone is 3. The first-order valence-electron chi connectivity index (χ1n) is 10.9. The molecule has 0 fully saturated rings. The minimum absolute atomic E-state index is 0.185. The van der Waals surface area contributed by atoms with E-state index in [0.717, 1.165) is 56.7 Å². The largest absolute Gasteiger partial charge is 0.493 e. The first-order valence-corrected chi connectivity index (χ1v) is 13.4. The fourth-order valence-electron chi connectivity index (χ4n) is 5.07. The summed E-state index contributed by atoms with van der Waals surface area (Å²) in [6, 6.07) is 2.58. The van der Waals surface area contributed by atoms with Gasteiger partial charge in [0.05, 0.1) is 19.0 Å². The zero-order chi connectivity index (χ0) is 22.0. The summed E-state index contributed by atoms with van der Waals surface area (Å²) in [7, 11) is 0.0421. The fourth-order valence-corrected chi connectivity index (χ4v) is 7.63. The maximum absolute atomic E-state index is 12.6. The van der Waals surface area contributed by atoms with E-state index in [2.05, 4.69) is 31.6 Å². The lowest BCUT2D eigenvalue weighted by Gasteiger charge is -2.35. The molecule has 170 valence electrons. The van der Waals surface area contributed by atoms with Crippen LogP contribution in [0.4, 0.5) is 0 Å². The third-order valence-electron chi connectivity index (χ3n) is 6.56. The molecular weight excluding hydrogens is 480 g/mol. The molecule has 4 rings (SSSR count). The lowest BCUT2D eigenvalue weighted by Crippen LogP contribution is -2.39. The van der Waals surface area contributed by atoms with Crippen molar-refractivity contribution in [1.82, 2.24) is 9.62 Å². The Balaban J connectivity index is 1.31. The summed E-state index contributed by atoms with van der Waals surface area (Å²) < 4.78 is 39.1. The van der Waals surface area contributed by atoms with Gasteiger partial charge in [-0.25, -0.2) is 13.1 Å². The molecule has 1 aromatic rings. The van der Waals surface area contributed by atoms with Gasteiger partial charge in [0.1, 0.15) is 5.25 Å². The van der Waals surface area contributed by atoms with Gasteiger partial charge in [-0.2, -0.15) is 0 Å². The minimum atomic E-state index is -3.37. The van der Waals surface area contributed by atoms with Crippen LogP contribution >= 0.6 is 15.9 Å². The molecular formula is C23H31BrN2O4S.